The third-order valence-corrected chi connectivity index (χ3v) is 5.68. The maximum absolute atomic E-state index is 11.8. The fraction of sp³-hybridized carbons (Fsp3) is 0.200. The van der Waals surface area contributed by atoms with Gasteiger partial charge in [-0.3, -0.25) is 10.1 Å². The number of hydrogen-bond donors (Lipinski definition) is 2. The maximum atomic E-state index is 11.8. The van der Waals surface area contributed by atoms with Crippen molar-refractivity contribution in [1.82, 2.24) is 10.6 Å². The summed E-state index contributed by atoms with van der Waals surface area (Å²) in [6.45, 7) is 0.475. The Bertz CT molecular complexity index is 658. The van der Waals surface area contributed by atoms with E-state index in [9.17, 15) is 9.59 Å². The molecule has 0 atom stereocenters. The Morgan fingerprint density at radius 2 is 1.87 bits per heavy atom. The van der Waals surface area contributed by atoms with E-state index < -0.39 is 11.9 Å². The van der Waals surface area contributed by atoms with Crippen molar-refractivity contribution in [3.8, 4) is 0 Å². The zero-order chi connectivity index (χ0) is 16.7. The first-order valence-corrected chi connectivity index (χ1v) is 9.35. The molecule has 1 heterocycles. The van der Waals surface area contributed by atoms with Crippen LogP contribution < -0.4 is 10.6 Å². The number of thiophene rings is 1. The number of urea groups is 1. The number of hydrogen-bond acceptors (Lipinski definition) is 4. The number of carbonyl (C=O) groups is 2. The lowest BCUT2D eigenvalue weighted by molar-refractivity contribution is -0.117. The fourth-order valence-corrected chi connectivity index (χ4v) is 3.91. The van der Waals surface area contributed by atoms with Gasteiger partial charge in [-0.15, -0.1) is 23.1 Å². The smallest absolute Gasteiger partial charge is 0.321 e. The molecule has 2 aromatic rings. The number of nitrogens with one attached hydrogen (secondary N) is 2. The van der Waals surface area contributed by atoms with Gasteiger partial charge in [-0.1, -0.05) is 35.3 Å². The number of thioether (sulfide) groups is 1. The molecule has 2 rings (SSSR count). The number of halogens is 2. The second-order valence-electron chi connectivity index (χ2n) is 4.47. The molecule has 8 heteroatoms. The van der Waals surface area contributed by atoms with Gasteiger partial charge in [0.25, 0.3) is 0 Å². The van der Waals surface area contributed by atoms with E-state index in [1.165, 1.54) is 16.6 Å². The Balaban J connectivity index is 1.70. The topological polar surface area (TPSA) is 58.2 Å². The van der Waals surface area contributed by atoms with Crippen molar-refractivity contribution in [3.63, 3.8) is 0 Å². The largest absolute Gasteiger partial charge is 0.337 e. The van der Waals surface area contributed by atoms with Gasteiger partial charge in [0.2, 0.25) is 5.91 Å². The second kappa shape index (κ2) is 9.17. The quantitative estimate of drug-likeness (QED) is 0.728. The molecule has 2 N–H and O–H groups in total. The summed E-state index contributed by atoms with van der Waals surface area (Å²) in [6.07, 6.45) is 0.739. The van der Waals surface area contributed by atoms with E-state index in [1.54, 1.807) is 29.5 Å². The standard InChI is InChI=1S/C15H14Cl2N2O2S2/c16-11-4-1-5-12(17)14(11)23-9-13(20)19-15(21)18-7-6-10-3-2-8-22-10/h1-5,8H,6-7,9H2,(H2,18,19,20,21). The third-order valence-electron chi connectivity index (χ3n) is 2.76. The van der Waals surface area contributed by atoms with Gasteiger partial charge in [-0.2, -0.15) is 0 Å². The van der Waals surface area contributed by atoms with Gasteiger partial charge in [0.1, 0.15) is 0 Å². The van der Waals surface area contributed by atoms with Crippen molar-refractivity contribution in [2.75, 3.05) is 12.3 Å². The zero-order valence-electron chi connectivity index (χ0n) is 12.0. The lowest BCUT2D eigenvalue weighted by Crippen LogP contribution is -2.41. The van der Waals surface area contributed by atoms with Gasteiger partial charge in [-0.05, 0) is 30.0 Å². The van der Waals surface area contributed by atoms with Crippen LogP contribution in [0.5, 0.6) is 0 Å². The predicted octanol–water partition coefficient (Wildman–Crippen LogP) is 4.22. The van der Waals surface area contributed by atoms with E-state index in [0.29, 0.717) is 21.5 Å². The highest BCUT2D eigenvalue weighted by molar-refractivity contribution is 8.00. The first-order valence-electron chi connectivity index (χ1n) is 6.73. The summed E-state index contributed by atoms with van der Waals surface area (Å²) in [6, 6.07) is 8.59. The Hall–Kier alpha value is -1.21. The van der Waals surface area contributed by atoms with Crippen LogP contribution in [0.1, 0.15) is 4.88 Å². The Morgan fingerprint density at radius 3 is 2.52 bits per heavy atom. The van der Waals surface area contributed by atoms with E-state index in [0.717, 1.165) is 6.42 Å². The third kappa shape index (κ3) is 6.06. The minimum absolute atomic E-state index is 0.0573. The van der Waals surface area contributed by atoms with Crippen LogP contribution in [0.4, 0.5) is 4.79 Å². The van der Waals surface area contributed by atoms with Gasteiger partial charge in [0, 0.05) is 16.3 Å². The van der Waals surface area contributed by atoms with Gasteiger partial charge in [0.15, 0.2) is 0 Å². The van der Waals surface area contributed by atoms with Crippen LogP contribution in [-0.2, 0) is 11.2 Å². The maximum Gasteiger partial charge on any atom is 0.321 e. The van der Waals surface area contributed by atoms with E-state index in [-0.39, 0.29) is 5.75 Å². The van der Waals surface area contributed by atoms with Crippen LogP contribution in [0.25, 0.3) is 0 Å². The van der Waals surface area contributed by atoms with E-state index >= 15 is 0 Å². The van der Waals surface area contributed by atoms with Crippen LogP contribution in [0, 0.1) is 0 Å². The predicted molar refractivity (Wildman–Crippen MR) is 96.8 cm³/mol. The molecular formula is C15H14Cl2N2O2S2. The summed E-state index contributed by atoms with van der Waals surface area (Å²) in [7, 11) is 0. The molecule has 3 amide bonds. The molecule has 0 aliphatic heterocycles. The van der Waals surface area contributed by atoms with Crippen LogP contribution in [0.2, 0.25) is 10.0 Å². The molecule has 23 heavy (non-hydrogen) atoms. The molecule has 0 spiro atoms. The van der Waals surface area contributed by atoms with Crippen molar-refractivity contribution in [2.24, 2.45) is 0 Å². The van der Waals surface area contributed by atoms with Crippen molar-refractivity contribution in [2.45, 2.75) is 11.3 Å². The summed E-state index contributed by atoms with van der Waals surface area (Å²) in [5.74, 6) is -0.346. The lowest BCUT2D eigenvalue weighted by atomic mass is 10.3. The molecule has 122 valence electrons. The number of imide groups is 1. The highest BCUT2D eigenvalue weighted by Crippen LogP contribution is 2.33. The Morgan fingerprint density at radius 1 is 1.13 bits per heavy atom. The molecule has 0 saturated carbocycles. The van der Waals surface area contributed by atoms with Crippen LogP contribution in [-0.4, -0.2) is 24.2 Å². The summed E-state index contributed by atoms with van der Waals surface area (Å²) in [4.78, 5) is 25.2. The molecule has 0 radical (unpaired) electrons. The summed E-state index contributed by atoms with van der Waals surface area (Å²) < 4.78 is 0. The molecule has 0 saturated heterocycles. The highest BCUT2D eigenvalue weighted by Gasteiger charge is 2.11. The van der Waals surface area contributed by atoms with Crippen LogP contribution >= 0.6 is 46.3 Å². The molecule has 0 bridgehead atoms. The van der Waals surface area contributed by atoms with Crippen molar-refractivity contribution >= 4 is 58.2 Å². The lowest BCUT2D eigenvalue weighted by Gasteiger charge is -2.08. The number of carbonyl (C=O) groups excluding carboxylic acids is 2. The van der Waals surface area contributed by atoms with Gasteiger partial charge in [0.05, 0.1) is 15.8 Å². The number of benzene rings is 1. The summed E-state index contributed by atoms with van der Waals surface area (Å²) >= 11 is 14.9. The molecule has 0 fully saturated rings. The normalized spacial score (nSPS) is 10.3. The zero-order valence-corrected chi connectivity index (χ0v) is 15.1. The molecule has 0 aliphatic rings. The molecular weight excluding hydrogens is 375 g/mol. The number of rotatable bonds is 6. The Kier molecular flexibility index (Phi) is 7.23. The monoisotopic (exact) mass is 388 g/mol. The van der Waals surface area contributed by atoms with E-state index in [2.05, 4.69) is 10.6 Å². The highest BCUT2D eigenvalue weighted by atomic mass is 35.5. The molecule has 1 aromatic carbocycles. The first-order chi connectivity index (χ1) is 11.1. The van der Waals surface area contributed by atoms with Gasteiger partial charge in [-0.25, -0.2) is 4.79 Å². The van der Waals surface area contributed by atoms with Crippen molar-refractivity contribution < 1.29 is 9.59 Å². The first kappa shape index (κ1) is 18.1. The SMILES string of the molecule is O=C(CSc1c(Cl)cccc1Cl)NC(=O)NCCc1cccs1. The summed E-state index contributed by atoms with van der Waals surface area (Å²) in [5.41, 5.74) is 0. The minimum Gasteiger partial charge on any atom is -0.337 e. The fourth-order valence-electron chi connectivity index (χ4n) is 1.72. The van der Waals surface area contributed by atoms with Crippen LogP contribution in [0.3, 0.4) is 0 Å². The molecule has 0 unspecified atom stereocenters. The average molecular weight is 389 g/mol. The van der Waals surface area contributed by atoms with Gasteiger partial charge >= 0.3 is 6.03 Å². The number of amides is 3. The van der Waals surface area contributed by atoms with Crippen molar-refractivity contribution in [1.29, 1.82) is 0 Å². The second-order valence-corrected chi connectivity index (χ2v) is 7.31. The average Bonchev–Trinajstić information content (AvgIpc) is 3.00. The van der Waals surface area contributed by atoms with Gasteiger partial charge < -0.3 is 5.32 Å². The van der Waals surface area contributed by atoms with Crippen molar-refractivity contribution in [3.05, 3.63) is 50.6 Å². The molecule has 4 nitrogen and oxygen atoms in total. The minimum atomic E-state index is -0.502. The Labute approximate surface area is 152 Å². The summed E-state index contributed by atoms with van der Waals surface area (Å²) in [5, 5.41) is 7.87. The van der Waals surface area contributed by atoms with E-state index in [4.69, 9.17) is 23.2 Å². The van der Waals surface area contributed by atoms with Crippen LogP contribution in [0.15, 0.2) is 40.6 Å². The molecule has 0 aliphatic carbocycles. The molecule has 1 aromatic heterocycles. The van der Waals surface area contributed by atoms with E-state index in [1.807, 2.05) is 17.5 Å².